The summed E-state index contributed by atoms with van der Waals surface area (Å²) >= 11 is 1.52. The Labute approximate surface area is 137 Å². The van der Waals surface area contributed by atoms with Gasteiger partial charge in [0.2, 0.25) is 0 Å². The first-order valence-corrected chi connectivity index (χ1v) is 8.35. The molecule has 1 aromatic heterocycles. The number of nitrogens with zero attached hydrogens (tertiary/aromatic N) is 2. The maximum Gasteiger partial charge on any atom is 0.271 e. The fraction of sp³-hybridized carbons (Fsp3) is 0.375. The molecule has 122 valence electrons. The topological polar surface area (TPSA) is 84.6 Å². The SMILES string of the molecule is O=c1cnc(SCc2ccccc2)cn1[C@@H]1C[C@H](O)[C@@H](CO)O1. The van der Waals surface area contributed by atoms with Crippen molar-refractivity contribution in [3.05, 3.63) is 58.6 Å². The van der Waals surface area contributed by atoms with Crippen LogP contribution in [0.1, 0.15) is 18.2 Å². The van der Waals surface area contributed by atoms with Crippen LogP contribution >= 0.6 is 11.8 Å². The lowest BCUT2D eigenvalue weighted by Gasteiger charge is -2.15. The van der Waals surface area contributed by atoms with Gasteiger partial charge in [-0.25, -0.2) is 4.98 Å². The average molecular weight is 334 g/mol. The van der Waals surface area contributed by atoms with Crippen LogP contribution in [0.3, 0.4) is 0 Å². The first-order valence-electron chi connectivity index (χ1n) is 7.36. The summed E-state index contributed by atoms with van der Waals surface area (Å²) in [6.07, 6.45) is 1.18. The summed E-state index contributed by atoms with van der Waals surface area (Å²) in [4.78, 5) is 16.1. The van der Waals surface area contributed by atoms with Crippen molar-refractivity contribution in [2.45, 2.75) is 35.6 Å². The molecule has 0 saturated carbocycles. The maximum absolute atomic E-state index is 12.0. The lowest BCUT2D eigenvalue weighted by atomic mass is 10.2. The number of hydrogen-bond acceptors (Lipinski definition) is 6. The standard InChI is InChI=1S/C16H18N2O4S/c19-9-13-12(20)6-16(22-13)18-8-14(17-7-15(18)21)23-10-11-4-2-1-3-5-11/h1-5,7-8,12-13,16,19-20H,6,9-10H2/t12-,13+,16-/m0/s1. The molecule has 23 heavy (non-hydrogen) atoms. The summed E-state index contributed by atoms with van der Waals surface area (Å²) in [6, 6.07) is 9.99. The summed E-state index contributed by atoms with van der Waals surface area (Å²) < 4.78 is 6.96. The van der Waals surface area contributed by atoms with Crippen LogP contribution in [0, 0.1) is 0 Å². The number of aromatic nitrogens is 2. The third-order valence-electron chi connectivity index (χ3n) is 3.73. The van der Waals surface area contributed by atoms with Gasteiger partial charge in [-0.1, -0.05) is 30.3 Å². The Hall–Kier alpha value is -1.67. The van der Waals surface area contributed by atoms with Crippen LogP contribution in [0.15, 0.2) is 52.5 Å². The third-order valence-corrected chi connectivity index (χ3v) is 4.71. The molecule has 3 rings (SSSR count). The highest BCUT2D eigenvalue weighted by Crippen LogP contribution is 2.28. The van der Waals surface area contributed by atoms with Crippen molar-refractivity contribution in [1.82, 2.24) is 9.55 Å². The smallest absolute Gasteiger partial charge is 0.271 e. The molecule has 1 aromatic carbocycles. The molecule has 6 nitrogen and oxygen atoms in total. The van der Waals surface area contributed by atoms with E-state index in [2.05, 4.69) is 4.98 Å². The van der Waals surface area contributed by atoms with E-state index in [1.165, 1.54) is 28.1 Å². The zero-order valence-corrected chi connectivity index (χ0v) is 13.2. The molecule has 1 saturated heterocycles. The van der Waals surface area contributed by atoms with Gasteiger partial charge in [0.1, 0.15) is 17.4 Å². The fourth-order valence-corrected chi connectivity index (χ4v) is 3.31. The van der Waals surface area contributed by atoms with Gasteiger partial charge in [-0.3, -0.25) is 9.36 Å². The Balaban J connectivity index is 1.73. The Kier molecular flexibility index (Phi) is 5.12. The van der Waals surface area contributed by atoms with E-state index < -0.39 is 18.4 Å². The predicted octanol–water partition coefficient (Wildman–Crippen LogP) is 1.18. The Morgan fingerprint density at radius 2 is 2.13 bits per heavy atom. The van der Waals surface area contributed by atoms with Gasteiger partial charge in [-0.2, -0.15) is 0 Å². The van der Waals surface area contributed by atoms with Gasteiger partial charge in [-0.15, -0.1) is 11.8 Å². The van der Waals surface area contributed by atoms with E-state index in [-0.39, 0.29) is 18.6 Å². The molecule has 2 N–H and O–H groups in total. The normalized spacial score (nSPS) is 24.0. The van der Waals surface area contributed by atoms with Crippen molar-refractivity contribution >= 4 is 11.8 Å². The molecule has 1 aliphatic rings. The van der Waals surface area contributed by atoms with Gasteiger partial charge in [0, 0.05) is 18.4 Å². The summed E-state index contributed by atoms with van der Waals surface area (Å²) in [5.74, 6) is 0.749. The highest BCUT2D eigenvalue weighted by molar-refractivity contribution is 7.98. The number of benzene rings is 1. The van der Waals surface area contributed by atoms with E-state index in [1.807, 2.05) is 30.3 Å². The lowest BCUT2D eigenvalue weighted by molar-refractivity contribution is -0.0457. The summed E-state index contributed by atoms with van der Waals surface area (Å²) in [5, 5.41) is 19.7. The second-order valence-corrected chi connectivity index (χ2v) is 6.36. The molecule has 3 atom stereocenters. The molecule has 0 amide bonds. The van der Waals surface area contributed by atoms with Crippen LogP contribution in [0.5, 0.6) is 0 Å². The van der Waals surface area contributed by atoms with Gasteiger partial charge in [0.05, 0.1) is 18.9 Å². The molecule has 0 radical (unpaired) electrons. The number of aliphatic hydroxyl groups excluding tert-OH is 2. The molecular formula is C16H18N2O4S. The quantitative estimate of drug-likeness (QED) is 0.799. The van der Waals surface area contributed by atoms with Crippen LogP contribution in [0.4, 0.5) is 0 Å². The summed E-state index contributed by atoms with van der Waals surface area (Å²) in [5.41, 5.74) is 0.884. The molecule has 0 unspecified atom stereocenters. The Morgan fingerprint density at radius 3 is 2.83 bits per heavy atom. The zero-order chi connectivity index (χ0) is 16.2. The van der Waals surface area contributed by atoms with Gasteiger partial charge in [0.25, 0.3) is 5.56 Å². The highest BCUT2D eigenvalue weighted by atomic mass is 32.2. The van der Waals surface area contributed by atoms with Crippen molar-refractivity contribution in [3.63, 3.8) is 0 Å². The van der Waals surface area contributed by atoms with Crippen LogP contribution in [0.2, 0.25) is 0 Å². The largest absolute Gasteiger partial charge is 0.394 e. The summed E-state index contributed by atoms with van der Waals surface area (Å²) in [6.45, 7) is -0.271. The molecule has 0 spiro atoms. The predicted molar refractivity (Wildman–Crippen MR) is 86.1 cm³/mol. The van der Waals surface area contributed by atoms with Crippen LogP contribution in [0.25, 0.3) is 0 Å². The van der Waals surface area contributed by atoms with Crippen molar-refractivity contribution < 1.29 is 14.9 Å². The average Bonchev–Trinajstić information content (AvgIpc) is 2.96. The highest BCUT2D eigenvalue weighted by Gasteiger charge is 2.34. The van der Waals surface area contributed by atoms with Crippen LogP contribution < -0.4 is 5.56 Å². The van der Waals surface area contributed by atoms with Gasteiger partial charge in [0.15, 0.2) is 0 Å². The molecular weight excluding hydrogens is 316 g/mol. The van der Waals surface area contributed by atoms with Crippen molar-refractivity contribution in [3.8, 4) is 0 Å². The van der Waals surface area contributed by atoms with Gasteiger partial charge in [-0.05, 0) is 5.56 Å². The number of ether oxygens (including phenoxy) is 1. The van der Waals surface area contributed by atoms with E-state index in [4.69, 9.17) is 9.84 Å². The van der Waals surface area contributed by atoms with Crippen molar-refractivity contribution in [2.75, 3.05) is 6.61 Å². The fourth-order valence-electron chi connectivity index (χ4n) is 2.48. The molecule has 1 aliphatic heterocycles. The first-order chi connectivity index (χ1) is 11.2. The molecule has 1 fully saturated rings. The van der Waals surface area contributed by atoms with E-state index in [0.29, 0.717) is 5.03 Å². The minimum atomic E-state index is -0.773. The molecule has 0 bridgehead atoms. The maximum atomic E-state index is 12.0. The van der Waals surface area contributed by atoms with Crippen LogP contribution in [-0.2, 0) is 10.5 Å². The number of aliphatic hydroxyl groups is 2. The molecule has 7 heteroatoms. The Morgan fingerprint density at radius 1 is 1.35 bits per heavy atom. The van der Waals surface area contributed by atoms with E-state index >= 15 is 0 Å². The van der Waals surface area contributed by atoms with Crippen molar-refractivity contribution in [2.24, 2.45) is 0 Å². The first kappa shape index (κ1) is 16.2. The second kappa shape index (κ2) is 7.27. The summed E-state index contributed by atoms with van der Waals surface area (Å²) in [7, 11) is 0. The number of hydrogen-bond donors (Lipinski definition) is 2. The van der Waals surface area contributed by atoms with Gasteiger partial charge >= 0.3 is 0 Å². The number of rotatable bonds is 5. The minimum absolute atomic E-state index is 0.271. The minimum Gasteiger partial charge on any atom is -0.394 e. The van der Waals surface area contributed by atoms with Crippen molar-refractivity contribution in [1.29, 1.82) is 0 Å². The lowest BCUT2D eigenvalue weighted by Crippen LogP contribution is -2.26. The third kappa shape index (κ3) is 3.81. The monoisotopic (exact) mass is 334 g/mol. The second-order valence-electron chi connectivity index (χ2n) is 5.36. The molecule has 0 aliphatic carbocycles. The van der Waals surface area contributed by atoms with E-state index in [0.717, 1.165) is 5.75 Å². The zero-order valence-electron chi connectivity index (χ0n) is 12.4. The number of thioether (sulfide) groups is 1. The van der Waals surface area contributed by atoms with Crippen LogP contribution in [-0.4, -0.2) is 38.6 Å². The van der Waals surface area contributed by atoms with E-state index in [9.17, 15) is 9.90 Å². The molecule has 2 aromatic rings. The Bertz CT molecular complexity index is 707. The van der Waals surface area contributed by atoms with E-state index in [1.54, 1.807) is 6.20 Å². The molecule has 2 heterocycles. The van der Waals surface area contributed by atoms with Gasteiger partial charge < -0.3 is 14.9 Å².